The van der Waals surface area contributed by atoms with Crippen LogP contribution in [0.2, 0.25) is 0 Å². The Labute approximate surface area is 378 Å². The number of carbonyl (C=O) groups excluding carboxylic acids is 8. The highest BCUT2D eigenvalue weighted by Crippen LogP contribution is 2.91. The zero-order chi connectivity index (χ0) is 48.7. The lowest BCUT2D eigenvalue weighted by atomic mass is 9.31. The second-order valence-electron chi connectivity index (χ2n) is 19.3. The molecule has 1 N–H and O–H groups in total. The molecule has 21 heteroatoms. The van der Waals surface area contributed by atoms with Gasteiger partial charge in [-0.1, -0.05) is 27.7 Å². The molecule has 66 heavy (non-hydrogen) atoms. The van der Waals surface area contributed by atoms with Gasteiger partial charge < -0.3 is 61.6 Å². The van der Waals surface area contributed by atoms with Crippen LogP contribution in [0, 0.1) is 34.0 Å². The number of hydrogen-bond acceptors (Lipinski definition) is 21. The number of carbonyl (C=O) groups is 8. The van der Waals surface area contributed by atoms with Crippen molar-refractivity contribution in [2.45, 2.75) is 148 Å². The Morgan fingerprint density at radius 3 is 2.00 bits per heavy atom. The van der Waals surface area contributed by atoms with Gasteiger partial charge in [0.25, 0.3) is 5.97 Å². The van der Waals surface area contributed by atoms with E-state index in [1.807, 2.05) is 0 Å². The van der Waals surface area contributed by atoms with Crippen LogP contribution in [0.15, 0.2) is 34.3 Å². The zero-order valence-corrected chi connectivity index (χ0v) is 38.6. The molecule has 0 radical (unpaired) electrons. The summed E-state index contributed by atoms with van der Waals surface area (Å²) in [7, 11) is 1.13. The molecule has 4 saturated carbocycles. The quantitative estimate of drug-likeness (QED) is 0.136. The minimum Gasteiger partial charge on any atom is -0.511 e. The van der Waals surface area contributed by atoms with E-state index in [9.17, 15) is 38.7 Å². The number of fused-ring (bicyclic) bond motifs is 3. The van der Waals surface area contributed by atoms with Gasteiger partial charge in [-0.05, 0) is 18.4 Å². The SMILES string of the molecule is COC(=O)C[C@H]1[C@@]2(C)C[C@]34O[C@]5(C)O[C@]67[C@H](C(=C(O)C(C)C)C(=O)O[C@@H]6[C@@]3(OC(C)=O)[C@H]2OC(C)=O)[C@](C)([C@@H](OC(C)=O)c2ccoc2)[C@@H](OC(C)=O)[C@@H](OC(C)=O)[C@]7(O5)[C@]14COC(C)=O. The molecule has 15 atom stereocenters. The fourth-order valence-electron chi connectivity index (χ4n) is 14.2. The van der Waals surface area contributed by atoms with E-state index >= 15 is 4.79 Å². The number of aliphatic hydroxyl groups is 1. The molecule has 0 unspecified atom stereocenters. The molecular weight excluding hydrogens is 876 g/mol. The van der Waals surface area contributed by atoms with Crippen molar-refractivity contribution in [3.63, 3.8) is 0 Å². The summed E-state index contributed by atoms with van der Waals surface area (Å²) in [6.07, 6.45) is -7.97. The Bertz CT molecular complexity index is 2350. The van der Waals surface area contributed by atoms with Crippen LogP contribution in [0.4, 0.5) is 0 Å². The summed E-state index contributed by atoms with van der Waals surface area (Å²) in [4.78, 5) is 112. The van der Waals surface area contributed by atoms with Crippen molar-refractivity contribution in [2.75, 3.05) is 13.7 Å². The van der Waals surface area contributed by atoms with Gasteiger partial charge in [0.15, 0.2) is 35.6 Å². The van der Waals surface area contributed by atoms with Gasteiger partial charge in [-0.3, -0.25) is 33.6 Å². The number of ether oxygens (including phenoxy) is 11. The Morgan fingerprint density at radius 2 is 1.47 bits per heavy atom. The standard InChI is InChI=1S/C45H54O21/c1-19(2)30(53)29-31-39(10,32(58-21(4)47)26-13-14-56-16-26)33(59-22(5)48)34(60-23(6)49)45-41(18-57-20(3)46)27(15-28(52)55-12)38(9)17-42(41)44(63-25(8)51,36(38)61-24(7)50)37(62-35(29)54)43(31,45)65-40(11,64-42)66-45/h13-14,16,19,27,31-34,36-37,53H,15,17-18H2,1-12H3/t27-,31+,32-,33-,34+,36-,37-,38+,39+,40+,41+,42+,43+,44-,45-/m0/s1. The topological polar surface area (TPSA) is 271 Å². The van der Waals surface area contributed by atoms with Crippen LogP contribution in [0.1, 0.15) is 101 Å². The number of hydrogen-bond donors (Lipinski definition) is 1. The molecule has 4 bridgehead atoms. The molecule has 4 aliphatic carbocycles. The van der Waals surface area contributed by atoms with E-state index < -0.39 is 165 Å². The lowest BCUT2D eigenvalue weighted by molar-refractivity contribution is -0.496. The molecule has 360 valence electrons. The predicted octanol–water partition coefficient (Wildman–Crippen LogP) is 3.14. The second kappa shape index (κ2) is 14.7. The van der Waals surface area contributed by atoms with Gasteiger partial charge in [-0.25, -0.2) is 4.79 Å². The molecule has 1 aromatic rings. The summed E-state index contributed by atoms with van der Waals surface area (Å²) in [6, 6.07) is 1.43. The maximum atomic E-state index is 15.5. The van der Waals surface area contributed by atoms with Crippen molar-refractivity contribution in [1.29, 1.82) is 0 Å². The third-order valence-corrected chi connectivity index (χ3v) is 15.3. The van der Waals surface area contributed by atoms with Crippen LogP contribution in [0.25, 0.3) is 0 Å². The zero-order valence-electron chi connectivity index (χ0n) is 38.6. The van der Waals surface area contributed by atoms with Crippen LogP contribution in [-0.2, 0) is 90.5 Å². The fourth-order valence-corrected chi connectivity index (χ4v) is 14.2. The Kier molecular flexibility index (Phi) is 10.5. The monoisotopic (exact) mass is 930 g/mol. The van der Waals surface area contributed by atoms with Crippen LogP contribution in [-0.4, -0.2) is 119 Å². The van der Waals surface area contributed by atoms with Gasteiger partial charge in [-0.2, -0.15) is 0 Å². The minimum absolute atomic E-state index is 0.106. The molecule has 7 aliphatic rings. The lowest BCUT2D eigenvalue weighted by Gasteiger charge is -2.79. The number of rotatable bonds is 12. The molecule has 3 spiro atoms. The third-order valence-electron chi connectivity index (χ3n) is 15.3. The normalized spacial score (nSPS) is 42.9. The lowest BCUT2D eigenvalue weighted by Crippen LogP contribution is -2.99. The van der Waals surface area contributed by atoms with Crippen molar-refractivity contribution in [1.82, 2.24) is 0 Å². The summed E-state index contributed by atoms with van der Waals surface area (Å²) in [6.45, 7) is 13.1. The Hall–Kier alpha value is -5.54. The summed E-state index contributed by atoms with van der Waals surface area (Å²) in [5.41, 5.74) is -16.7. The number of furan rings is 1. The number of aliphatic hydroxyl groups excluding tert-OH is 1. The summed E-state index contributed by atoms with van der Waals surface area (Å²) >= 11 is 0. The first-order valence-electron chi connectivity index (χ1n) is 21.5. The van der Waals surface area contributed by atoms with E-state index in [4.69, 9.17) is 56.5 Å². The molecule has 7 fully saturated rings. The average molecular weight is 931 g/mol. The van der Waals surface area contributed by atoms with Crippen LogP contribution in [0.3, 0.4) is 0 Å². The molecule has 0 amide bonds. The largest absolute Gasteiger partial charge is 0.511 e. The summed E-state index contributed by atoms with van der Waals surface area (Å²) in [5, 5.41) is 12.5. The Balaban J connectivity index is 1.69. The predicted molar refractivity (Wildman–Crippen MR) is 212 cm³/mol. The first kappa shape index (κ1) is 47.0. The first-order valence-corrected chi connectivity index (χ1v) is 21.5. The number of allylic oxidation sites excluding steroid dienone is 1. The fraction of sp³-hybridized carbons (Fsp3) is 0.689. The van der Waals surface area contributed by atoms with E-state index in [-0.39, 0.29) is 12.0 Å². The highest BCUT2D eigenvalue weighted by atomic mass is 16.9. The highest BCUT2D eigenvalue weighted by molar-refractivity contribution is 5.93. The van der Waals surface area contributed by atoms with E-state index in [0.29, 0.717) is 0 Å². The Morgan fingerprint density at radius 1 is 0.833 bits per heavy atom. The van der Waals surface area contributed by atoms with Gasteiger partial charge in [0, 0.05) is 77.7 Å². The third kappa shape index (κ3) is 5.43. The minimum atomic E-state index is -2.66. The van der Waals surface area contributed by atoms with Crippen molar-refractivity contribution in [2.24, 2.45) is 34.0 Å². The molecule has 3 saturated heterocycles. The van der Waals surface area contributed by atoms with Crippen LogP contribution in [0.5, 0.6) is 0 Å². The van der Waals surface area contributed by atoms with Gasteiger partial charge in [0.2, 0.25) is 5.60 Å². The molecule has 3 aliphatic heterocycles. The van der Waals surface area contributed by atoms with Crippen LogP contribution >= 0.6 is 0 Å². The maximum Gasteiger partial charge on any atom is 0.338 e. The van der Waals surface area contributed by atoms with E-state index in [1.54, 1.807) is 20.8 Å². The molecule has 8 rings (SSSR count). The second-order valence-corrected chi connectivity index (χ2v) is 19.3. The summed E-state index contributed by atoms with van der Waals surface area (Å²) < 4.78 is 77.3. The van der Waals surface area contributed by atoms with E-state index in [1.165, 1.54) is 32.4 Å². The number of esters is 8. The van der Waals surface area contributed by atoms with Gasteiger partial charge >= 0.3 is 47.8 Å². The molecule has 0 aromatic carbocycles. The molecule has 21 nitrogen and oxygen atoms in total. The first-order chi connectivity index (χ1) is 30.7. The molecule has 1 aromatic heterocycles. The molecule has 4 heterocycles. The van der Waals surface area contributed by atoms with Crippen molar-refractivity contribution < 1.29 is 100.0 Å². The van der Waals surface area contributed by atoms with Crippen molar-refractivity contribution in [3.8, 4) is 0 Å². The van der Waals surface area contributed by atoms with E-state index in [0.717, 1.165) is 48.7 Å². The molecular formula is C45H54O21. The number of methoxy groups -OCH3 is 1. The highest BCUT2D eigenvalue weighted by Gasteiger charge is 3.09. The van der Waals surface area contributed by atoms with Crippen molar-refractivity contribution >= 4 is 47.8 Å². The van der Waals surface area contributed by atoms with Gasteiger partial charge in [-0.15, -0.1) is 0 Å². The van der Waals surface area contributed by atoms with Crippen molar-refractivity contribution in [3.05, 3.63) is 35.5 Å². The average Bonchev–Trinajstić information content (AvgIpc) is 3.90. The smallest absolute Gasteiger partial charge is 0.338 e. The van der Waals surface area contributed by atoms with Crippen LogP contribution < -0.4 is 0 Å². The van der Waals surface area contributed by atoms with Gasteiger partial charge in [0.1, 0.15) is 24.1 Å². The van der Waals surface area contributed by atoms with Gasteiger partial charge in [0.05, 0.1) is 36.0 Å². The van der Waals surface area contributed by atoms with E-state index in [2.05, 4.69) is 0 Å². The maximum absolute atomic E-state index is 15.5. The summed E-state index contributed by atoms with van der Waals surface area (Å²) in [5.74, 6) is -15.0.